The predicted octanol–water partition coefficient (Wildman–Crippen LogP) is -0.0504. The molecule has 0 saturated carbocycles. The Labute approximate surface area is 77.0 Å². The summed E-state index contributed by atoms with van der Waals surface area (Å²) in [6.45, 7) is -0.194. The minimum Gasteiger partial charge on any atom is -0.394 e. The van der Waals surface area contributed by atoms with Gasteiger partial charge in [0.05, 0.1) is 12.7 Å². The SMILES string of the molecule is Nc1cc(CCC(O)CO)ccn1. The zero-order chi connectivity index (χ0) is 9.68. The van der Waals surface area contributed by atoms with Gasteiger partial charge in [-0.15, -0.1) is 0 Å². The molecule has 0 saturated heterocycles. The summed E-state index contributed by atoms with van der Waals surface area (Å²) < 4.78 is 0. The van der Waals surface area contributed by atoms with Gasteiger partial charge in [-0.3, -0.25) is 0 Å². The van der Waals surface area contributed by atoms with Crippen LogP contribution in [0.1, 0.15) is 12.0 Å². The van der Waals surface area contributed by atoms with Crippen molar-refractivity contribution in [1.82, 2.24) is 4.98 Å². The van der Waals surface area contributed by atoms with Crippen molar-refractivity contribution in [2.75, 3.05) is 12.3 Å². The van der Waals surface area contributed by atoms with Gasteiger partial charge in [0.2, 0.25) is 0 Å². The topological polar surface area (TPSA) is 79.4 Å². The van der Waals surface area contributed by atoms with Crippen LogP contribution in [0.4, 0.5) is 5.82 Å². The van der Waals surface area contributed by atoms with Gasteiger partial charge in [-0.05, 0) is 30.5 Å². The third kappa shape index (κ3) is 3.40. The summed E-state index contributed by atoms with van der Waals surface area (Å²) in [5.74, 6) is 0.482. The van der Waals surface area contributed by atoms with Gasteiger partial charge in [-0.1, -0.05) is 0 Å². The van der Waals surface area contributed by atoms with E-state index in [1.165, 1.54) is 0 Å². The van der Waals surface area contributed by atoms with Crippen molar-refractivity contribution in [2.24, 2.45) is 0 Å². The number of pyridine rings is 1. The van der Waals surface area contributed by atoms with Crippen molar-refractivity contribution in [3.05, 3.63) is 23.9 Å². The average Bonchev–Trinajstić information content (AvgIpc) is 2.14. The highest BCUT2D eigenvalue weighted by molar-refractivity contribution is 5.31. The number of nitrogens with zero attached hydrogens (tertiary/aromatic N) is 1. The highest BCUT2D eigenvalue weighted by atomic mass is 16.3. The third-order valence-electron chi connectivity index (χ3n) is 1.82. The molecule has 0 spiro atoms. The van der Waals surface area contributed by atoms with Gasteiger partial charge in [-0.25, -0.2) is 4.98 Å². The van der Waals surface area contributed by atoms with E-state index in [1.54, 1.807) is 12.3 Å². The van der Waals surface area contributed by atoms with E-state index < -0.39 is 6.10 Å². The number of nitrogen functional groups attached to an aromatic ring is 1. The monoisotopic (exact) mass is 182 g/mol. The van der Waals surface area contributed by atoms with E-state index in [0.717, 1.165) is 5.56 Å². The highest BCUT2D eigenvalue weighted by Crippen LogP contribution is 2.07. The van der Waals surface area contributed by atoms with Gasteiger partial charge >= 0.3 is 0 Å². The lowest BCUT2D eigenvalue weighted by molar-refractivity contribution is 0.0886. The summed E-state index contributed by atoms with van der Waals surface area (Å²) >= 11 is 0. The summed E-state index contributed by atoms with van der Waals surface area (Å²) in [7, 11) is 0. The van der Waals surface area contributed by atoms with Gasteiger partial charge in [0, 0.05) is 6.20 Å². The molecule has 4 nitrogen and oxygen atoms in total. The number of aryl methyl sites for hydroxylation is 1. The first-order chi connectivity index (χ1) is 6.22. The van der Waals surface area contributed by atoms with Crippen molar-refractivity contribution in [1.29, 1.82) is 0 Å². The second-order valence-electron chi connectivity index (χ2n) is 2.96. The van der Waals surface area contributed by atoms with E-state index in [2.05, 4.69) is 4.98 Å². The Morgan fingerprint density at radius 3 is 2.92 bits per heavy atom. The second-order valence-corrected chi connectivity index (χ2v) is 2.96. The first-order valence-corrected chi connectivity index (χ1v) is 4.21. The van der Waals surface area contributed by atoms with Crippen LogP contribution >= 0.6 is 0 Å². The number of rotatable bonds is 4. The van der Waals surface area contributed by atoms with Gasteiger partial charge in [0.15, 0.2) is 0 Å². The molecule has 1 atom stereocenters. The summed E-state index contributed by atoms with van der Waals surface area (Å²) in [5.41, 5.74) is 6.50. The molecule has 0 aliphatic heterocycles. The summed E-state index contributed by atoms with van der Waals surface area (Å²) in [6, 6.07) is 3.62. The number of nitrogens with two attached hydrogens (primary N) is 1. The molecule has 4 N–H and O–H groups in total. The van der Waals surface area contributed by atoms with Crippen molar-refractivity contribution >= 4 is 5.82 Å². The van der Waals surface area contributed by atoms with Crippen molar-refractivity contribution in [3.63, 3.8) is 0 Å². The van der Waals surface area contributed by atoms with Crippen LogP contribution in [0.25, 0.3) is 0 Å². The van der Waals surface area contributed by atoms with Crippen LogP contribution in [0.15, 0.2) is 18.3 Å². The van der Waals surface area contributed by atoms with E-state index in [-0.39, 0.29) is 6.61 Å². The number of aliphatic hydroxyl groups excluding tert-OH is 2. The molecule has 0 radical (unpaired) electrons. The smallest absolute Gasteiger partial charge is 0.123 e. The molecule has 0 amide bonds. The largest absolute Gasteiger partial charge is 0.394 e. The first kappa shape index (κ1) is 9.95. The minimum absolute atomic E-state index is 0.194. The lowest BCUT2D eigenvalue weighted by Gasteiger charge is -2.06. The van der Waals surface area contributed by atoms with Crippen LogP contribution in [-0.2, 0) is 6.42 Å². The molecule has 1 heterocycles. The van der Waals surface area contributed by atoms with Crippen LogP contribution in [0.3, 0.4) is 0 Å². The molecule has 1 rings (SSSR count). The van der Waals surface area contributed by atoms with Crippen LogP contribution in [0, 0.1) is 0 Å². The molecule has 13 heavy (non-hydrogen) atoms. The Morgan fingerprint density at radius 1 is 1.54 bits per heavy atom. The maximum absolute atomic E-state index is 9.09. The van der Waals surface area contributed by atoms with Crippen molar-refractivity contribution in [3.8, 4) is 0 Å². The quantitative estimate of drug-likeness (QED) is 0.610. The highest BCUT2D eigenvalue weighted by Gasteiger charge is 2.02. The maximum atomic E-state index is 9.09. The van der Waals surface area contributed by atoms with Crippen molar-refractivity contribution < 1.29 is 10.2 Å². The Morgan fingerprint density at radius 2 is 2.31 bits per heavy atom. The Hall–Kier alpha value is -1.13. The van der Waals surface area contributed by atoms with E-state index in [4.69, 9.17) is 15.9 Å². The van der Waals surface area contributed by atoms with Crippen LogP contribution in [0.5, 0.6) is 0 Å². The number of aliphatic hydroxyl groups is 2. The molecule has 0 aromatic carbocycles. The molecule has 0 aliphatic carbocycles. The van der Waals surface area contributed by atoms with Gasteiger partial charge in [0.1, 0.15) is 5.82 Å². The lowest BCUT2D eigenvalue weighted by Crippen LogP contribution is -2.12. The van der Waals surface area contributed by atoms with E-state index in [1.807, 2.05) is 6.07 Å². The zero-order valence-electron chi connectivity index (χ0n) is 7.35. The summed E-state index contributed by atoms with van der Waals surface area (Å²) in [4.78, 5) is 3.85. The molecule has 0 aliphatic rings. The first-order valence-electron chi connectivity index (χ1n) is 4.21. The minimum atomic E-state index is -0.644. The normalized spacial score (nSPS) is 12.8. The molecule has 0 bridgehead atoms. The number of aromatic nitrogens is 1. The molecule has 72 valence electrons. The zero-order valence-corrected chi connectivity index (χ0v) is 7.35. The van der Waals surface area contributed by atoms with Gasteiger partial charge < -0.3 is 15.9 Å². The van der Waals surface area contributed by atoms with E-state index in [0.29, 0.717) is 18.7 Å². The fraction of sp³-hybridized carbons (Fsp3) is 0.444. The van der Waals surface area contributed by atoms with Crippen LogP contribution < -0.4 is 5.73 Å². The Kier molecular flexibility index (Phi) is 3.67. The van der Waals surface area contributed by atoms with Gasteiger partial charge in [-0.2, -0.15) is 0 Å². The molecule has 4 heteroatoms. The molecule has 1 aromatic rings. The van der Waals surface area contributed by atoms with E-state index in [9.17, 15) is 0 Å². The Balaban J connectivity index is 2.45. The standard InChI is InChI=1S/C9H14N2O2/c10-9-5-7(3-4-11-9)1-2-8(13)6-12/h3-5,8,12-13H,1-2,6H2,(H2,10,11). The second kappa shape index (κ2) is 4.79. The third-order valence-corrected chi connectivity index (χ3v) is 1.82. The molecule has 1 unspecified atom stereocenters. The molecule has 1 aromatic heterocycles. The van der Waals surface area contributed by atoms with Crippen LogP contribution in [0.2, 0.25) is 0 Å². The fourth-order valence-electron chi connectivity index (χ4n) is 1.07. The molecular formula is C9H14N2O2. The summed E-state index contributed by atoms with van der Waals surface area (Å²) in [6.07, 6.45) is 2.24. The number of hydrogen-bond acceptors (Lipinski definition) is 4. The maximum Gasteiger partial charge on any atom is 0.123 e. The lowest BCUT2D eigenvalue weighted by atomic mass is 10.1. The fourth-order valence-corrected chi connectivity index (χ4v) is 1.07. The molecular weight excluding hydrogens is 168 g/mol. The predicted molar refractivity (Wildman–Crippen MR) is 50.1 cm³/mol. The summed E-state index contributed by atoms with van der Waals surface area (Å²) in [5, 5.41) is 17.7. The molecule has 0 fully saturated rings. The Bertz CT molecular complexity index is 266. The number of hydrogen-bond donors (Lipinski definition) is 3. The van der Waals surface area contributed by atoms with Crippen LogP contribution in [-0.4, -0.2) is 27.9 Å². The number of anilines is 1. The van der Waals surface area contributed by atoms with Crippen molar-refractivity contribution in [2.45, 2.75) is 18.9 Å². The average molecular weight is 182 g/mol. The van der Waals surface area contributed by atoms with E-state index >= 15 is 0 Å². The van der Waals surface area contributed by atoms with Gasteiger partial charge in [0.25, 0.3) is 0 Å².